The predicted molar refractivity (Wildman–Crippen MR) is 83.8 cm³/mol. The van der Waals surface area contributed by atoms with Crippen molar-refractivity contribution in [2.45, 2.75) is 39.0 Å². The highest BCUT2D eigenvalue weighted by Crippen LogP contribution is 2.16. The minimum atomic E-state index is -0.776. The van der Waals surface area contributed by atoms with E-state index in [0.29, 0.717) is 13.2 Å². The number of hydrogen-bond acceptors (Lipinski definition) is 5. The number of benzene rings is 1. The summed E-state index contributed by atoms with van der Waals surface area (Å²) >= 11 is 0. The summed E-state index contributed by atoms with van der Waals surface area (Å²) in [6.45, 7) is 6.32. The van der Waals surface area contributed by atoms with Crippen LogP contribution < -0.4 is 0 Å². The van der Waals surface area contributed by atoms with Gasteiger partial charge < -0.3 is 14.2 Å². The molecule has 0 spiro atoms. The topological polar surface area (TPSA) is 65.1 Å². The van der Waals surface area contributed by atoms with Gasteiger partial charge in [-0.1, -0.05) is 30.3 Å². The van der Waals surface area contributed by atoms with Crippen molar-refractivity contribution < 1.29 is 23.8 Å². The van der Waals surface area contributed by atoms with Gasteiger partial charge in [-0.25, -0.2) is 9.59 Å². The summed E-state index contributed by atoms with van der Waals surface area (Å²) < 4.78 is 16.0. The van der Waals surface area contributed by atoms with Gasteiger partial charge in [-0.05, 0) is 26.3 Å². The number of morpholine rings is 1. The van der Waals surface area contributed by atoms with Crippen LogP contribution in [0.2, 0.25) is 0 Å². The molecule has 0 aliphatic carbocycles. The van der Waals surface area contributed by atoms with E-state index in [0.717, 1.165) is 5.56 Å². The van der Waals surface area contributed by atoms with Crippen LogP contribution in [0.25, 0.3) is 0 Å². The highest BCUT2D eigenvalue weighted by Gasteiger charge is 2.36. The Bertz CT molecular complexity index is 538. The second-order valence-corrected chi connectivity index (χ2v) is 6.36. The van der Waals surface area contributed by atoms with Gasteiger partial charge in [-0.2, -0.15) is 0 Å². The van der Waals surface area contributed by atoms with Crippen LogP contribution in [0.1, 0.15) is 26.3 Å². The molecule has 0 saturated carbocycles. The van der Waals surface area contributed by atoms with E-state index in [4.69, 9.17) is 14.2 Å². The molecule has 1 fully saturated rings. The Morgan fingerprint density at radius 3 is 2.61 bits per heavy atom. The number of esters is 1. The lowest BCUT2D eigenvalue weighted by molar-refractivity contribution is -0.157. The first-order valence-electron chi connectivity index (χ1n) is 7.65. The molecular formula is C17H23NO5. The van der Waals surface area contributed by atoms with E-state index in [1.807, 2.05) is 30.3 Å². The zero-order valence-electron chi connectivity index (χ0n) is 13.8. The first kappa shape index (κ1) is 17.3. The molecule has 1 aliphatic rings. The van der Waals surface area contributed by atoms with E-state index < -0.39 is 23.7 Å². The number of hydrogen-bond donors (Lipinski definition) is 0. The highest BCUT2D eigenvalue weighted by molar-refractivity contribution is 5.82. The smallest absolute Gasteiger partial charge is 0.411 e. The van der Waals surface area contributed by atoms with E-state index in [1.54, 1.807) is 20.8 Å². The fourth-order valence-electron chi connectivity index (χ4n) is 2.16. The van der Waals surface area contributed by atoms with Crippen LogP contribution in [0.3, 0.4) is 0 Å². The molecule has 0 bridgehead atoms. The second kappa shape index (κ2) is 7.46. The maximum Gasteiger partial charge on any atom is 0.411 e. The second-order valence-electron chi connectivity index (χ2n) is 6.36. The predicted octanol–water partition coefficient (Wildman–Crippen LogP) is 2.37. The molecule has 0 aromatic heterocycles. The van der Waals surface area contributed by atoms with Gasteiger partial charge in [-0.3, -0.25) is 4.90 Å². The third-order valence-electron chi connectivity index (χ3n) is 3.25. The molecule has 1 aromatic rings. The Morgan fingerprint density at radius 2 is 1.96 bits per heavy atom. The average molecular weight is 321 g/mol. The Balaban J connectivity index is 1.97. The van der Waals surface area contributed by atoms with Gasteiger partial charge in [0, 0.05) is 6.54 Å². The maximum atomic E-state index is 12.3. The van der Waals surface area contributed by atoms with E-state index in [9.17, 15) is 9.59 Å². The molecule has 0 N–H and O–H groups in total. The highest BCUT2D eigenvalue weighted by atomic mass is 16.6. The number of nitrogens with zero attached hydrogens (tertiary/aromatic N) is 1. The maximum absolute atomic E-state index is 12.3. The van der Waals surface area contributed by atoms with Crippen molar-refractivity contribution in [3.05, 3.63) is 35.9 Å². The lowest BCUT2D eigenvalue weighted by atomic mass is 10.2. The van der Waals surface area contributed by atoms with Crippen molar-refractivity contribution in [1.29, 1.82) is 0 Å². The first-order valence-corrected chi connectivity index (χ1v) is 7.65. The molecule has 1 amide bonds. The van der Waals surface area contributed by atoms with Gasteiger partial charge in [-0.15, -0.1) is 0 Å². The molecule has 2 rings (SSSR count). The number of amides is 1. The molecule has 23 heavy (non-hydrogen) atoms. The molecular weight excluding hydrogens is 298 g/mol. The van der Waals surface area contributed by atoms with Crippen molar-refractivity contribution in [3.8, 4) is 0 Å². The SMILES string of the molecule is CC(C)(C)OC(=O)N1CCOC[C@H]1C(=O)OCc1ccccc1. The van der Waals surface area contributed by atoms with Gasteiger partial charge in [0.1, 0.15) is 12.2 Å². The van der Waals surface area contributed by atoms with Gasteiger partial charge in [0.25, 0.3) is 0 Å². The zero-order chi connectivity index (χ0) is 16.9. The molecule has 1 saturated heterocycles. The number of carbonyl (C=O) groups is 2. The van der Waals surface area contributed by atoms with E-state index >= 15 is 0 Å². The number of rotatable bonds is 3. The largest absolute Gasteiger partial charge is 0.459 e. The van der Waals surface area contributed by atoms with E-state index in [2.05, 4.69) is 0 Å². The minimum Gasteiger partial charge on any atom is -0.459 e. The summed E-state index contributed by atoms with van der Waals surface area (Å²) in [4.78, 5) is 25.9. The standard InChI is InChI=1S/C17H23NO5/c1-17(2,3)23-16(20)18-9-10-21-12-14(18)15(19)22-11-13-7-5-4-6-8-13/h4-8,14H,9-12H2,1-3H3/t14-/m0/s1. The fraction of sp³-hybridized carbons (Fsp3) is 0.529. The van der Waals surface area contributed by atoms with Crippen LogP contribution >= 0.6 is 0 Å². The monoisotopic (exact) mass is 321 g/mol. The summed E-state index contributed by atoms with van der Waals surface area (Å²) in [7, 11) is 0. The molecule has 0 unspecified atom stereocenters. The molecule has 1 heterocycles. The van der Waals surface area contributed by atoms with Crippen molar-refractivity contribution in [1.82, 2.24) is 4.90 Å². The Labute approximate surface area is 136 Å². The normalized spacial score (nSPS) is 18.4. The van der Waals surface area contributed by atoms with Crippen molar-refractivity contribution in [2.24, 2.45) is 0 Å². The summed E-state index contributed by atoms with van der Waals surface area (Å²) in [5.41, 5.74) is 0.273. The van der Waals surface area contributed by atoms with Crippen molar-refractivity contribution in [2.75, 3.05) is 19.8 Å². The van der Waals surface area contributed by atoms with Crippen LogP contribution in [0, 0.1) is 0 Å². The molecule has 1 aliphatic heterocycles. The quantitative estimate of drug-likeness (QED) is 0.800. The zero-order valence-corrected chi connectivity index (χ0v) is 13.8. The van der Waals surface area contributed by atoms with Crippen molar-refractivity contribution >= 4 is 12.1 Å². The molecule has 6 heteroatoms. The molecule has 0 radical (unpaired) electrons. The Kier molecular flexibility index (Phi) is 5.60. The summed E-state index contributed by atoms with van der Waals surface area (Å²) in [5.74, 6) is -0.487. The Morgan fingerprint density at radius 1 is 1.26 bits per heavy atom. The van der Waals surface area contributed by atoms with Crippen LogP contribution in [-0.4, -0.2) is 48.4 Å². The average Bonchev–Trinajstić information content (AvgIpc) is 2.52. The van der Waals surface area contributed by atoms with Gasteiger partial charge in [0.15, 0.2) is 6.04 Å². The lowest BCUT2D eigenvalue weighted by Crippen LogP contribution is -2.54. The van der Waals surface area contributed by atoms with Gasteiger partial charge in [0.2, 0.25) is 0 Å². The van der Waals surface area contributed by atoms with E-state index in [-0.39, 0.29) is 13.2 Å². The first-order chi connectivity index (χ1) is 10.9. The van der Waals surface area contributed by atoms with Crippen LogP contribution in [0.4, 0.5) is 4.79 Å². The van der Waals surface area contributed by atoms with Crippen LogP contribution in [0.15, 0.2) is 30.3 Å². The van der Waals surface area contributed by atoms with Crippen LogP contribution in [-0.2, 0) is 25.6 Å². The van der Waals surface area contributed by atoms with Gasteiger partial charge >= 0.3 is 12.1 Å². The number of carbonyl (C=O) groups excluding carboxylic acids is 2. The van der Waals surface area contributed by atoms with Crippen molar-refractivity contribution in [3.63, 3.8) is 0 Å². The van der Waals surface area contributed by atoms with Gasteiger partial charge in [0.05, 0.1) is 13.2 Å². The molecule has 126 valence electrons. The third-order valence-corrected chi connectivity index (χ3v) is 3.25. The molecule has 1 atom stereocenters. The minimum absolute atomic E-state index is 0.118. The third kappa shape index (κ3) is 5.25. The van der Waals surface area contributed by atoms with Crippen LogP contribution in [0.5, 0.6) is 0 Å². The molecule has 6 nitrogen and oxygen atoms in total. The summed E-state index contributed by atoms with van der Waals surface area (Å²) in [6.07, 6.45) is -0.525. The molecule has 1 aromatic carbocycles. The summed E-state index contributed by atoms with van der Waals surface area (Å²) in [6, 6.07) is 8.61. The van der Waals surface area contributed by atoms with E-state index in [1.165, 1.54) is 4.90 Å². The number of ether oxygens (including phenoxy) is 3. The summed E-state index contributed by atoms with van der Waals surface area (Å²) in [5, 5.41) is 0. The lowest BCUT2D eigenvalue weighted by Gasteiger charge is -2.35. The Hall–Kier alpha value is -2.08. The fourth-order valence-corrected chi connectivity index (χ4v) is 2.16.